The minimum Gasteiger partial charge on any atom is -0.473 e. The van der Waals surface area contributed by atoms with Crippen molar-refractivity contribution >= 4 is 23.2 Å². The first kappa shape index (κ1) is 30.2. The number of imidazole rings is 1. The zero-order valence-corrected chi connectivity index (χ0v) is 25.2. The molecule has 2 aromatic heterocycles. The number of ether oxygens (including phenoxy) is 3. The molecule has 0 unspecified atom stereocenters. The summed E-state index contributed by atoms with van der Waals surface area (Å²) in [7, 11) is 0. The lowest BCUT2D eigenvalue weighted by atomic mass is 10.1. The monoisotopic (exact) mass is 592 g/mol. The van der Waals surface area contributed by atoms with Gasteiger partial charge in [0.25, 0.3) is 0 Å². The third kappa shape index (κ3) is 7.18. The van der Waals surface area contributed by atoms with Crippen LogP contribution in [-0.4, -0.2) is 32.4 Å². The van der Waals surface area contributed by atoms with Gasteiger partial charge in [-0.2, -0.15) is 4.98 Å². The number of nitrogens with one attached hydrogen (secondary N) is 1. The molecular weight excluding hydrogens is 556 g/mol. The summed E-state index contributed by atoms with van der Waals surface area (Å²) in [4.78, 5) is 31.1. The number of carbonyl (C=O) groups excluding carboxylic acids is 1. The van der Waals surface area contributed by atoms with Crippen molar-refractivity contribution in [1.82, 2.24) is 19.4 Å². The van der Waals surface area contributed by atoms with E-state index in [1.807, 2.05) is 78.9 Å². The van der Waals surface area contributed by atoms with Crippen LogP contribution in [0.25, 0.3) is 22.8 Å². The predicted octanol–water partition coefficient (Wildman–Crippen LogP) is 6.51. The number of pyridine rings is 1. The topological polar surface area (TPSA) is 96.6 Å². The number of amides is 1. The number of fused-ring (bicyclic) bond motifs is 1. The molecule has 0 aliphatic heterocycles. The minimum absolute atomic E-state index is 0.182. The zero-order chi connectivity index (χ0) is 31.1. The van der Waals surface area contributed by atoms with Gasteiger partial charge in [0.2, 0.25) is 11.8 Å². The van der Waals surface area contributed by atoms with Gasteiger partial charge < -0.3 is 19.5 Å². The Labute approximate surface area is 256 Å². The highest BCUT2D eigenvalue weighted by molar-refractivity contribution is 5.87. The molecule has 0 radical (unpaired) electrons. The number of hydrogen-bond donors (Lipinski definition) is 1. The summed E-state index contributed by atoms with van der Waals surface area (Å²) < 4.78 is 20.8. The second kappa shape index (κ2) is 13.3. The molecule has 0 saturated heterocycles. The molecule has 9 heteroatoms. The van der Waals surface area contributed by atoms with Crippen LogP contribution in [0.5, 0.6) is 11.8 Å². The Bertz CT molecular complexity index is 1800. The fourth-order valence-corrected chi connectivity index (χ4v) is 4.76. The fourth-order valence-electron chi connectivity index (χ4n) is 4.76. The third-order valence-electron chi connectivity index (χ3n) is 6.71. The molecule has 9 nitrogen and oxygen atoms in total. The van der Waals surface area contributed by atoms with Gasteiger partial charge in [-0.25, -0.2) is 9.59 Å². The van der Waals surface area contributed by atoms with Gasteiger partial charge in [-0.3, -0.25) is 9.13 Å². The van der Waals surface area contributed by atoms with Crippen LogP contribution in [0.3, 0.4) is 0 Å². The highest BCUT2D eigenvalue weighted by Gasteiger charge is 2.22. The molecule has 3 aromatic carbocycles. The van der Waals surface area contributed by atoms with Gasteiger partial charge in [-0.1, -0.05) is 85.5 Å². The summed E-state index contributed by atoms with van der Waals surface area (Å²) >= 11 is 0. The first-order valence-corrected chi connectivity index (χ1v) is 14.4. The van der Waals surface area contributed by atoms with E-state index < -0.39 is 11.7 Å². The Kier molecular flexibility index (Phi) is 9.14. The molecule has 5 aromatic rings. The number of alkyl carbamates (subject to hydrolysis) is 1. The van der Waals surface area contributed by atoms with Crippen molar-refractivity contribution < 1.29 is 19.0 Å². The number of rotatable bonds is 11. The standard InChI is InChI=1S/C35H36N4O5/c1-5-27-17-12-18-28-31(27)38(22-21-36-33(40)44-35(2,3)4)34(41)39(28)29-19-20-30(42-23-25-13-8-6-9-14-25)37-32(29)43-24-26-15-10-7-11-16-26/h5-20H,1,21-24H2,2-4H3,(H,36,40). The number of benzene rings is 3. The maximum atomic E-state index is 14.1. The Morgan fingerprint density at radius 3 is 2.18 bits per heavy atom. The molecule has 5 rings (SSSR count). The van der Waals surface area contributed by atoms with E-state index in [9.17, 15) is 9.59 Å². The quantitative estimate of drug-likeness (QED) is 0.188. The third-order valence-corrected chi connectivity index (χ3v) is 6.71. The summed E-state index contributed by atoms with van der Waals surface area (Å²) in [6, 6.07) is 28.7. The van der Waals surface area contributed by atoms with E-state index in [2.05, 4.69) is 11.9 Å². The summed E-state index contributed by atoms with van der Waals surface area (Å²) in [6.07, 6.45) is 1.15. The van der Waals surface area contributed by atoms with Crippen LogP contribution < -0.4 is 20.5 Å². The Morgan fingerprint density at radius 1 is 0.886 bits per heavy atom. The molecule has 0 saturated carbocycles. The normalized spacial score (nSPS) is 11.2. The van der Waals surface area contributed by atoms with Gasteiger partial charge in [0.05, 0.1) is 11.0 Å². The number of hydrogen-bond acceptors (Lipinski definition) is 6. The SMILES string of the molecule is C=Cc1cccc2c1n(CCNC(=O)OC(C)(C)C)c(=O)n2-c1ccc(OCc2ccccc2)nc1OCc1ccccc1. The van der Waals surface area contributed by atoms with E-state index in [4.69, 9.17) is 19.2 Å². The van der Waals surface area contributed by atoms with Crippen molar-refractivity contribution in [2.24, 2.45) is 0 Å². The molecule has 0 bridgehead atoms. The van der Waals surface area contributed by atoms with Gasteiger partial charge in [-0.15, -0.1) is 0 Å². The highest BCUT2D eigenvalue weighted by atomic mass is 16.6. The van der Waals surface area contributed by atoms with Crippen LogP contribution in [0.4, 0.5) is 4.79 Å². The molecule has 0 fully saturated rings. The first-order chi connectivity index (χ1) is 21.2. The smallest absolute Gasteiger partial charge is 0.407 e. The number of para-hydroxylation sites is 1. The molecule has 1 amide bonds. The van der Waals surface area contributed by atoms with Crippen LogP contribution in [0.2, 0.25) is 0 Å². The Balaban J connectivity index is 1.53. The second-order valence-electron chi connectivity index (χ2n) is 11.1. The number of aromatic nitrogens is 3. The summed E-state index contributed by atoms with van der Waals surface area (Å²) in [5.74, 6) is 0.613. The van der Waals surface area contributed by atoms with Crippen LogP contribution in [0.15, 0.2) is 102 Å². The lowest BCUT2D eigenvalue weighted by Crippen LogP contribution is -2.35. The van der Waals surface area contributed by atoms with Crippen LogP contribution in [-0.2, 0) is 24.5 Å². The fraction of sp³-hybridized carbons (Fsp3) is 0.229. The van der Waals surface area contributed by atoms with Crippen molar-refractivity contribution in [2.45, 2.75) is 46.1 Å². The van der Waals surface area contributed by atoms with Gasteiger partial charge in [0.1, 0.15) is 24.5 Å². The summed E-state index contributed by atoms with van der Waals surface area (Å²) in [5.41, 5.74) is 3.57. The Hall–Kier alpha value is -5.31. The van der Waals surface area contributed by atoms with Gasteiger partial charge in [-0.05, 0) is 49.6 Å². The van der Waals surface area contributed by atoms with Crippen molar-refractivity contribution in [2.75, 3.05) is 6.54 Å². The van der Waals surface area contributed by atoms with E-state index in [-0.39, 0.29) is 31.3 Å². The number of nitrogens with zero attached hydrogens (tertiary/aromatic N) is 3. The van der Waals surface area contributed by atoms with Crippen LogP contribution in [0, 0.1) is 0 Å². The molecule has 44 heavy (non-hydrogen) atoms. The molecule has 0 aliphatic rings. The van der Waals surface area contributed by atoms with Crippen LogP contribution >= 0.6 is 0 Å². The van der Waals surface area contributed by atoms with Crippen molar-refractivity contribution in [1.29, 1.82) is 0 Å². The molecule has 226 valence electrons. The summed E-state index contributed by atoms with van der Waals surface area (Å²) in [5, 5.41) is 2.74. The maximum Gasteiger partial charge on any atom is 0.407 e. The van der Waals surface area contributed by atoms with E-state index in [1.165, 1.54) is 0 Å². The van der Waals surface area contributed by atoms with E-state index >= 15 is 0 Å². The molecule has 1 N–H and O–H groups in total. The zero-order valence-electron chi connectivity index (χ0n) is 25.2. The second-order valence-corrected chi connectivity index (χ2v) is 11.1. The molecular formula is C35H36N4O5. The number of carbonyl (C=O) groups is 1. The minimum atomic E-state index is -0.632. The maximum absolute atomic E-state index is 14.1. The molecule has 2 heterocycles. The highest BCUT2D eigenvalue weighted by Crippen LogP contribution is 2.29. The first-order valence-electron chi connectivity index (χ1n) is 14.4. The lowest BCUT2D eigenvalue weighted by Gasteiger charge is -2.19. The van der Waals surface area contributed by atoms with E-state index in [0.717, 1.165) is 16.7 Å². The van der Waals surface area contributed by atoms with Crippen LogP contribution in [0.1, 0.15) is 37.5 Å². The largest absolute Gasteiger partial charge is 0.473 e. The summed E-state index contributed by atoms with van der Waals surface area (Å²) in [6.45, 7) is 10.3. The average molecular weight is 593 g/mol. The van der Waals surface area contributed by atoms with E-state index in [1.54, 1.807) is 48.1 Å². The van der Waals surface area contributed by atoms with Crippen molar-refractivity contribution in [3.05, 3.63) is 125 Å². The van der Waals surface area contributed by atoms with Gasteiger partial charge in [0, 0.05) is 19.2 Å². The molecule has 0 atom stereocenters. The molecule has 0 aliphatic carbocycles. The molecule has 0 spiro atoms. The van der Waals surface area contributed by atoms with E-state index in [0.29, 0.717) is 29.2 Å². The Morgan fingerprint density at radius 2 is 1.55 bits per heavy atom. The van der Waals surface area contributed by atoms with Gasteiger partial charge in [0.15, 0.2) is 0 Å². The van der Waals surface area contributed by atoms with Crippen molar-refractivity contribution in [3.8, 4) is 17.4 Å². The van der Waals surface area contributed by atoms with Gasteiger partial charge >= 0.3 is 11.8 Å². The average Bonchev–Trinajstić information content (AvgIpc) is 3.30. The predicted molar refractivity (Wildman–Crippen MR) is 171 cm³/mol. The van der Waals surface area contributed by atoms with Crippen molar-refractivity contribution in [3.63, 3.8) is 0 Å². The lowest BCUT2D eigenvalue weighted by molar-refractivity contribution is 0.0526.